The minimum absolute atomic E-state index is 0.0141. The molecule has 0 saturated carbocycles. The highest BCUT2D eigenvalue weighted by atomic mass is 35.5. The summed E-state index contributed by atoms with van der Waals surface area (Å²) in [6.45, 7) is 8.94. The normalized spacial score (nSPS) is 20.5. The standard InChI is InChI=1S/C19H21ClF3N3O2S/c1-18(2,3)26-6-4-25(5-7-26)15-11(9-14-16(27)24-17(28)29-14)8-12(10-13(15)20)19(21,22)23/h8-10H,4-7H2,1-3H3,(H,24,27,28)/b14-9-. The Hall–Kier alpha value is -1.71. The number of anilines is 1. The van der Waals surface area contributed by atoms with E-state index >= 15 is 0 Å². The first-order valence-electron chi connectivity index (χ1n) is 9.02. The maximum atomic E-state index is 13.3. The van der Waals surface area contributed by atoms with Crippen LogP contribution in [-0.2, 0) is 11.0 Å². The fraction of sp³-hybridized carbons (Fsp3) is 0.474. The van der Waals surface area contributed by atoms with Crippen LogP contribution in [0, 0.1) is 0 Å². The van der Waals surface area contributed by atoms with Gasteiger partial charge in [0.25, 0.3) is 11.1 Å². The minimum atomic E-state index is -4.58. The van der Waals surface area contributed by atoms with Gasteiger partial charge in [-0.15, -0.1) is 0 Å². The first-order valence-corrected chi connectivity index (χ1v) is 10.2. The SMILES string of the molecule is CC(C)(C)N1CCN(c2c(Cl)cc(C(F)(F)F)cc2/C=C2\SC(=O)NC2=O)CC1. The number of amides is 2. The van der Waals surface area contributed by atoms with Crippen LogP contribution in [0.5, 0.6) is 0 Å². The molecule has 0 aromatic heterocycles. The number of alkyl halides is 3. The molecule has 2 saturated heterocycles. The number of nitrogens with zero attached hydrogens (tertiary/aromatic N) is 2. The summed E-state index contributed by atoms with van der Waals surface area (Å²) in [7, 11) is 0. The van der Waals surface area contributed by atoms with Gasteiger partial charge in [0.2, 0.25) is 0 Å². The zero-order valence-electron chi connectivity index (χ0n) is 16.2. The highest BCUT2D eigenvalue weighted by Gasteiger charge is 2.34. The lowest BCUT2D eigenvalue weighted by molar-refractivity contribution is -0.137. The number of hydrogen-bond acceptors (Lipinski definition) is 5. The van der Waals surface area contributed by atoms with Gasteiger partial charge in [0.1, 0.15) is 0 Å². The molecule has 2 amide bonds. The lowest BCUT2D eigenvalue weighted by atomic mass is 10.0. The number of piperazine rings is 1. The van der Waals surface area contributed by atoms with E-state index in [1.807, 2.05) is 4.90 Å². The monoisotopic (exact) mass is 447 g/mol. The van der Waals surface area contributed by atoms with Crippen LogP contribution in [-0.4, -0.2) is 47.8 Å². The summed E-state index contributed by atoms with van der Waals surface area (Å²) in [5.74, 6) is -0.628. The molecule has 0 radical (unpaired) electrons. The van der Waals surface area contributed by atoms with Crippen molar-refractivity contribution >= 4 is 46.3 Å². The lowest BCUT2D eigenvalue weighted by Crippen LogP contribution is -2.53. The van der Waals surface area contributed by atoms with Crippen molar-refractivity contribution < 1.29 is 22.8 Å². The van der Waals surface area contributed by atoms with E-state index in [4.69, 9.17) is 11.6 Å². The van der Waals surface area contributed by atoms with Gasteiger partial charge in [-0.2, -0.15) is 13.2 Å². The highest BCUT2D eigenvalue weighted by Crippen LogP contribution is 2.40. The van der Waals surface area contributed by atoms with Crippen LogP contribution >= 0.6 is 23.4 Å². The van der Waals surface area contributed by atoms with Crippen molar-refractivity contribution in [1.82, 2.24) is 10.2 Å². The van der Waals surface area contributed by atoms with E-state index in [0.29, 0.717) is 30.5 Å². The van der Waals surface area contributed by atoms with E-state index in [9.17, 15) is 22.8 Å². The number of carbonyl (C=O) groups is 2. The number of hydrogen-bond donors (Lipinski definition) is 1. The summed E-state index contributed by atoms with van der Waals surface area (Å²) >= 11 is 6.95. The van der Waals surface area contributed by atoms with Gasteiger partial charge in [-0.1, -0.05) is 11.6 Å². The average molecular weight is 448 g/mol. The van der Waals surface area contributed by atoms with Crippen LogP contribution in [0.3, 0.4) is 0 Å². The van der Waals surface area contributed by atoms with Crippen molar-refractivity contribution in [2.24, 2.45) is 0 Å². The molecular formula is C19H21ClF3N3O2S. The molecule has 2 aliphatic rings. The maximum Gasteiger partial charge on any atom is 0.416 e. The van der Waals surface area contributed by atoms with Crippen molar-refractivity contribution in [3.05, 3.63) is 33.2 Å². The second kappa shape index (κ2) is 7.85. The molecule has 29 heavy (non-hydrogen) atoms. The number of rotatable bonds is 2. The quantitative estimate of drug-likeness (QED) is 0.671. The molecule has 10 heteroatoms. The average Bonchev–Trinajstić information content (AvgIpc) is 2.90. The minimum Gasteiger partial charge on any atom is -0.367 e. The van der Waals surface area contributed by atoms with Crippen LogP contribution < -0.4 is 10.2 Å². The van der Waals surface area contributed by atoms with E-state index in [-0.39, 0.29) is 21.0 Å². The van der Waals surface area contributed by atoms with E-state index in [0.717, 1.165) is 25.2 Å². The lowest BCUT2D eigenvalue weighted by Gasteiger charge is -2.43. The summed E-state index contributed by atoms with van der Waals surface area (Å²) < 4.78 is 40.0. The molecule has 3 rings (SSSR count). The molecular weight excluding hydrogens is 427 g/mol. The summed E-state index contributed by atoms with van der Waals surface area (Å²) in [6, 6.07) is 1.88. The van der Waals surface area contributed by atoms with Gasteiger partial charge in [-0.3, -0.25) is 19.8 Å². The van der Waals surface area contributed by atoms with Crippen LogP contribution in [0.4, 0.5) is 23.7 Å². The van der Waals surface area contributed by atoms with Crippen molar-refractivity contribution in [2.45, 2.75) is 32.5 Å². The highest BCUT2D eigenvalue weighted by molar-refractivity contribution is 8.18. The topological polar surface area (TPSA) is 52.6 Å². The second-order valence-electron chi connectivity index (χ2n) is 7.89. The number of halogens is 4. The second-order valence-corrected chi connectivity index (χ2v) is 9.31. The first-order chi connectivity index (χ1) is 13.4. The van der Waals surface area contributed by atoms with Gasteiger partial charge in [-0.25, -0.2) is 0 Å². The van der Waals surface area contributed by atoms with Gasteiger partial charge in [0.05, 0.1) is 21.2 Å². The zero-order valence-corrected chi connectivity index (χ0v) is 17.8. The predicted molar refractivity (Wildman–Crippen MR) is 109 cm³/mol. The van der Waals surface area contributed by atoms with Gasteiger partial charge < -0.3 is 4.90 Å². The Bertz CT molecular complexity index is 873. The summed E-state index contributed by atoms with van der Waals surface area (Å²) in [4.78, 5) is 27.6. The molecule has 2 aliphatic heterocycles. The van der Waals surface area contributed by atoms with Crippen molar-refractivity contribution in [3.8, 4) is 0 Å². The molecule has 5 nitrogen and oxygen atoms in total. The molecule has 1 N–H and O–H groups in total. The third-order valence-corrected chi connectivity index (χ3v) is 5.99. The van der Waals surface area contributed by atoms with E-state index in [2.05, 4.69) is 31.0 Å². The number of thioether (sulfide) groups is 1. The molecule has 2 fully saturated rings. The number of carbonyl (C=O) groups excluding carboxylic acids is 2. The zero-order chi connectivity index (χ0) is 21.6. The van der Waals surface area contributed by atoms with E-state index < -0.39 is 22.9 Å². The van der Waals surface area contributed by atoms with Crippen molar-refractivity contribution in [3.63, 3.8) is 0 Å². The van der Waals surface area contributed by atoms with E-state index in [1.165, 1.54) is 6.08 Å². The van der Waals surface area contributed by atoms with Crippen LogP contribution in [0.15, 0.2) is 17.0 Å². The van der Waals surface area contributed by atoms with Gasteiger partial charge in [-0.05, 0) is 50.7 Å². The summed E-state index contributed by atoms with van der Waals surface area (Å²) in [6.07, 6.45) is -3.28. The summed E-state index contributed by atoms with van der Waals surface area (Å²) in [5, 5.41) is 1.52. The van der Waals surface area contributed by atoms with Crippen molar-refractivity contribution in [1.29, 1.82) is 0 Å². The summed E-state index contributed by atoms with van der Waals surface area (Å²) in [5.41, 5.74) is -0.309. The molecule has 0 bridgehead atoms. The molecule has 2 heterocycles. The Labute approximate surface area is 176 Å². The maximum absolute atomic E-state index is 13.3. The van der Waals surface area contributed by atoms with E-state index in [1.54, 1.807) is 0 Å². The predicted octanol–water partition coefficient (Wildman–Crippen LogP) is 4.60. The molecule has 0 unspecified atom stereocenters. The smallest absolute Gasteiger partial charge is 0.367 e. The number of imide groups is 1. The van der Waals surface area contributed by atoms with Crippen molar-refractivity contribution in [2.75, 3.05) is 31.1 Å². The Morgan fingerprint density at radius 1 is 1.10 bits per heavy atom. The Morgan fingerprint density at radius 3 is 2.21 bits per heavy atom. The van der Waals surface area contributed by atoms with Gasteiger partial charge >= 0.3 is 6.18 Å². The van der Waals surface area contributed by atoms with Gasteiger partial charge in [0, 0.05) is 37.3 Å². The Morgan fingerprint density at radius 2 is 1.72 bits per heavy atom. The Balaban J connectivity index is 2.01. The van der Waals surface area contributed by atoms with Crippen LogP contribution in [0.2, 0.25) is 5.02 Å². The third kappa shape index (κ3) is 4.90. The number of nitrogens with one attached hydrogen (secondary N) is 1. The van der Waals surface area contributed by atoms with Crippen LogP contribution in [0.25, 0.3) is 6.08 Å². The molecule has 0 spiro atoms. The fourth-order valence-corrected chi connectivity index (χ4v) is 4.41. The molecule has 158 valence electrons. The number of benzene rings is 1. The third-order valence-electron chi connectivity index (χ3n) is 4.89. The Kier molecular flexibility index (Phi) is 5.95. The molecule has 0 aliphatic carbocycles. The largest absolute Gasteiger partial charge is 0.416 e. The molecule has 0 atom stereocenters. The first kappa shape index (κ1) is 22.0. The fourth-order valence-electron chi connectivity index (χ4n) is 3.39. The van der Waals surface area contributed by atoms with Gasteiger partial charge in [0.15, 0.2) is 0 Å². The molecule has 1 aromatic carbocycles. The van der Waals surface area contributed by atoms with Crippen LogP contribution in [0.1, 0.15) is 31.9 Å². The molecule has 1 aromatic rings.